The van der Waals surface area contributed by atoms with Crippen LogP contribution in [0.2, 0.25) is 5.02 Å². The zero-order valence-electron chi connectivity index (χ0n) is 17.3. The van der Waals surface area contributed by atoms with Crippen LogP contribution in [0.4, 0.5) is 0 Å². The molecule has 1 fully saturated rings. The van der Waals surface area contributed by atoms with Crippen LogP contribution in [-0.2, 0) is 23.2 Å². The van der Waals surface area contributed by atoms with Gasteiger partial charge in [-0.15, -0.1) is 0 Å². The molecule has 1 N–H and O–H groups in total. The summed E-state index contributed by atoms with van der Waals surface area (Å²) in [7, 11) is 1.76. The van der Waals surface area contributed by atoms with Gasteiger partial charge in [0.25, 0.3) is 11.7 Å². The van der Waals surface area contributed by atoms with E-state index in [2.05, 4.69) is 10.1 Å². The van der Waals surface area contributed by atoms with Crippen molar-refractivity contribution in [3.05, 3.63) is 87.5 Å². The van der Waals surface area contributed by atoms with Gasteiger partial charge in [-0.05, 0) is 43.2 Å². The van der Waals surface area contributed by atoms with Gasteiger partial charge in [-0.3, -0.25) is 19.3 Å². The van der Waals surface area contributed by atoms with Gasteiger partial charge in [0.15, 0.2) is 0 Å². The lowest BCUT2D eigenvalue weighted by Crippen LogP contribution is -2.29. The summed E-state index contributed by atoms with van der Waals surface area (Å²) in [4.78, 5) is 31.7. The minimum atomic E-state index is -0.794. The standard InChI is InChI=1S/C23H21ClN4O3/c1-13-18(14(2)27(3)26-13)21(29)19-20(16-7-4-8-17(24)10-16)28(23(31)22(19)30)12-15-6-5-9-25-11-15/h4-11,20,29H,12H2,1-3H3/t20-/m1/s1. The van der Waals surface area contributed by atoms with Crippen LogP contribution in [0, 0.1) is 13.8 Å². The molecule has 1 aliphatic heterocycles. The van der Waals surface area contributed by atoms with E-state index in [0.29, 0.717) is 27.5 Å². The first-order valence-electron chi connectivity index (χ1n) is 9.73. The topological polar surface area (TPSA) is 88.3 Å². The molecule has 0 unspecified atom stereocenters. The summed E-state index contributed by atoms with van der Waals surface area (Å²) in [6.45, 7) is 3.72. The Kier molecular flexibility index (Phi) is 5.37. The van der Waals surface area contributed by atoms with Crippen LogP contribution in [0.1, 0.15) is 34.1 Å². The predicted octanol–water partition coefficient (Wildman–Crippen LogP) is 3.71. The molecule has 0 radical (unpaired) electrons. The number of aryl methyl sites for hydroxylation is 2. The molecule has 1 atom stereocenters. The molecule has 0 saturated carbocycles. The number of Topliss-reactive ketones (excluding diaryl/α,β-unsaturated/α-hetero) is 1. The lowest BCUT2D eigenvalue weighted by Gasteiger charge is -2.25. The third-order valence-corrected chi connectivity index (χ3v) is 5.76. The number of benzene rings is 1. The van der Waals surface area contributed by atoms with E-state index in [1.54, 1.807) is 68.3 Å². The molecule has 1 aromatic carbocycles. The number of rotatable bonds is 4. The summed E-state index contributed by atoms with van der Waals surface area (Å²) >= 11 is 6.21. The van der Waals surface area contributed by atoms with E-state index in [0.717, 1.165) is 5.56 Å². The maximum Gasteiger partial charge on any atom is 0.295 e. The summed E-state index contributed by atoms with van der Waals surface area (Å²) < 4.78 is 1.63. The zero-order chi connectivity index (χ0) is 22.3. The van der Waals surface area contributed by atoms with Crippen LogP contribution < -0.4 is 0 Å². The highest BCUT2D eigenvalue weighted by Crippen LogP contribution is 2.41. The number of aliphatic hydroxyl groups excluding tert-OH is 1. The number of likely N-dealkylation sites (tertiary alicyclic amines) is 1. The molecule has 1 amide bonds. The van der Waals surface area contributed by atoms with Crippen LogP contribution >= 0.6 is 11.6 Å². The largest absolute Gasteiger partial charge is 0.507 e. The Morgan fingerprint density at radius 3 is 2.58 bits per heavy atom. The maximum absolute atomic E-state index is 13.1. The van der Waals surface area contributed by atoms with Crippen molar-refractivity contribution in [1.82, 2.24) is 19.7 Å². The highest BCUT2D eigenvalue weighted by molar-refractivity contribution is 6.46. The van der Waals surface area contributed by atoms with E-state index in [-0.39, 0.29) is 17.9 Å². The van der Waals surface area contributed by atoms with Gasteiger partial charge in [-0.25, -0.2) is 0 Å². The summed E-state index contributed by atoms with van der Waals surface area (Å²) in [5.41, 5.74) is 3.14. The van der Waals surface area contributed by atoms with Gasteiger partial charge >= 0.3 is 0 Å². The molecular formula is C23H21ClN4O3. The van der Waals surface area contributed by atoms with Crippen LogP contribution in [-0.4, -0.2) is 36.5 Å². The third-order valence-electron chi connectivity index (χ3n) is 5.53. The summed E-state index contributed by atoms with van der Waals surface area (Å²) in [6, 6.07) is 9.76. The average Bonchev–Trinajstić information content (AvgIpc) is 3.14. The van der Waals surface area contributed by atoms with Crippen molar-refractivity contribution in [2.45, 2.75) is 26.4 Å². The molecule has 0 bridgehead atoms. The minimum Gasteiger partial charge on any atom is -0.507 e. The normalized spacial score (nSPS) is 18.1. The van der Waals surface area contributed by atoms with E-state index in [1.807, 2.05) is 6.07 Å². The van der Waals surface area contributed by atoms with Gasteiger partial charge in [0.2, 0.25) is 0 Å². The number of carbonyl (C=O) groups excluding carboxylic acids is 2. The first-order valence-corrected chi connectivity index (χ1v) is 10.1. The van der Waals surface area contributed by atoms with Crippen LogP contribution in [0.15, 0.2) is 54.4 Å². The molecule has 3 heterocycles. The molecule has 3 aromatic rings. The Hall–Kier alpha value is -3.45. The van der Waals surface area contributed by atoms with Crippen LogP contribution in [0.5, 0.6) is 0 Å². The number of amides is 1. The van der Waals surface area contributed by atoms with Gasteiger partial charge in [0, 0.05) is 36.7 Å². The molecule has 0 aliphatic carbocycles. The van der Waals surface area contributed by atoms with Gasteiger partial charge in [-0.1, -0.05) is 29.8 Å². The fourth-order valence-corrected chi connectivity index (χ4v) is 4.20. The number of hydrogen-bond acceptors (Lipinski definition) is 5. The lowest BCUT2D eigenvalue weighted by molar-refractivity contribution is -0.140. The summed E-state index contributed by atoms with van der Waals surface area (Å²) in [5.74, 6) is -1.66. The number of nitrogens with zero attached hydrogens (tertiary/aromatic N) is 4. The van der Waals surface area contributed by atoms with Crippen molar-refractivity contribution in [2.75, 3.05) is 0 Å². The van der Waals surface area contributed by atoms with Crippen molar-refractivity contribution in [2.24, 2.45) is 7.05 Å². The van der Waals surface area contributed by atoms with Crippen LogP contribution in [0.25, 0.3) is 5.76 Å². The number of halogens is 1. The fourth-order valence-electron chi connectivity index (χ4n) is 4.01. The quantitative estimate of drug-likeness (QED) is 0.382. The Balaban J connectivity index is 1.92. The third kappa shape index (κ3) is 3.61. The SMILES string of the molecule is Cc1nn(C)c(C)c1C(O)=C1C(=O)C(=O)N(Cc2cccnc2)[C@@H]1c1cccc(Cl)c1. The molecule has 158 valence electrons. The number of hydrogen-bond donors (Lipinski definition) is 1. The van der Waals surface area contributed by atoms with Gasteiger partial charge in [-0.2, -0.15) is 5.10 Å². The molecule has 0 spiro atoms. The number of pyridine rings is 1. The molecule has 2 aromatic heterocycles. The Bertz CT molecular complexity index is 1220. The Morgan fingerprint density at radius 1 is 1.19 bits per heavy atom. The predicted molar refractivity (Wildman–Crippen MR) is 116 cm³/mol. The zero-order valence-corrected chi connectivity index (χ0v) is 18.1. The Morgan fingerprint density at radius 2 is 1.97 bits per heavy atom. The van der Waals surface area contributed by atoms with E-state index in [9.17, 15) is 14.7 Å². The lowest BCUT2D eigenvalue weighted by atomic mass is 9.94. The van der Waals surface area contributed by atoms with E-state index in [1.165, 1.54) is 4.90 Å². The molecule has 31 heavy (non-hydrogen) atoms. The summed E-state index contributed by atoms with van der Waals surface area (Å²) in [5, 5.41) is 16.0. The first kappa shape index (κ1) is 20.8. The number of aliphatic hydroxyl groups is 1. The molecule has 1 saturated heterocycles. The minimum absolute atomic E-state index is 0.0235. The van der Waals surface area contributed by atoms with E-state index >= 15 is 0 Å². The fraction of sp³-hybridized carbons (Fsp3) is 0.217. The highest BCUT2D eigenvalue weighted by atomic mass is 35.5. The Labute approximate surface area is 184 Å². The molecule has 8 heteroatoms. The second-order valence-corrected chi connectivity index (χ2v) is 7.95. The van der Waals surface area contributed by atoms with Gasteiger partial charge in [0.1, 0.15) is 5.76 Å². The average molecular weight is 437 g/mol. The molecule has 1 aliphatic rings. The monoisotopic (exact) mass is 436 g/mol. The van der Waals surface area contributed by atoms with Crippen molar-refractivity contribution < 1.29 is 14.7 Å². The van der Waals surface area contributed by atoms with Crippen LogP contribution in [0.3, 0.4) is 0 Å². The number of carbonyl (C=O) groups is 2. The molecular weight excluding hydrogens is 416 g/mol. The van der Waals surface area contributed by atoms with E-state index < -0.39 is 17.7 Å². The first-order chi connectivity index (χ1) is 14.8. The van der Waals surface area contributed by atoms with Crippen molar-refractivity contribution in [3.8, 4) is 0 Å². The molecule has 4 rings (SSSR count). The maximum atomic E-state index is 13.1. The van der Waals surface area contributed by atoms with Crippen molar-refractivity contribution >= 4 is 29.1 Å². The van der Waals surface area contributed by atoms with Gasteiger partial charge < -0.3 is 10.0 Å². The van der Waals surface area contributed by atoms with E-state index in [4.69, 9.17) is 11.6 Å². The second-order valence-electron chi connectivity index (χ2n) is 7.51. The van der Waals surface area contributed by atoms with Gasteiger partial charge in [0.05, 0.1) is 22.9 Å². The molecule has 7 nitrogen and oxygen atoms in total. The van der Waals surface area contributed by atoms with Crippen molar-refractivity contribution in [3.63, 3.8) is 0 Å². The highest BCUT2D eigenvalue weighted by Gasteiger charge is 2.46. The number of ketones is 1. The number of aromatic nitrogens is 3. The smallest absolute Gasteiger partial charge is 0.295 e. The summed E-state index contributed by atoms with van der Waals surface area (Å²) in [6.07, 6.45) is 3.28. The van der Waals surface area contributed by atoms with Crippen molar-refractivity contribution in [1.29, 1.82) is 0 Å². The second kappa shape index (κ2) is 8.00.